The fraction of sp³-hybridized carbons (Fsp3) is 0.706. The first-order chi connectivity index (χ1) is 12.1. The second-order valence-corrected chi connectivity index (χ2v) is 7.32. The standard InChI is InChI=1S/C17H24N4O5/c1-11(13(23)19-17(10-18)7-5-4-6-8-17)26-12(22)9-21-14(24)16(2,3)20-15(21)25/h11H,4-9H2,1-3H3,(H,19,23)(H,20,25)/t11-/m1/s1. The molecule has 9 heteroatoms. The van der Waals surface area contributed by atoms with Gasteiger partial charge in [-0.25, -0.2) is 4.79 Å². The largest absolute Gasteiger partial charge is 0.451 e. The number of carbonyl (C=O) groups excluding carboxylic acids is 4. The molecule has 1 aliphatic heterocycles. The Hall–Kier alpha value is -2.63. The molecule has 0 spiro atoms. The Balaban J connectivity index is 1.90. The van der Waals surface area contributed by atoms with Crippen LogP contribution < -0.4 is 10.6 Å². The van der Waals surface area contributed by atoms with E-state index in [9.17, 15) is 24.4 Å². The van der Waals surface area contributed by atoms with Crippen LogP contribution in [0, 0.1) is 11.3 Å². The van der Waals surface area contributed by atoms with Crippen molar-refractivity contribution in [3.05, 3.63) is 0 Å². The fourth-order valence-electron chi connectivity index (χ4n) is 3.14. The smallest absolute Gasteiger partial charge is 0.327 e. The average molecular weight is 364 g/mol. The lowest BCUT2D eigenvalue weighted by molar-refractivity contribution is -0.157. The van der Waals surface area contributed by atoms with Gasteiger partial charge in [0.1, 0.15) is 17.6 Å². The monoisotopic (exact) mass is 364 g/mol. The first-order valence-corrected chi connectivity index (χ1v) is 8.67. The van der Waals surface area contributed by atoms with Crippen LogP contribution in [0.3, 0.4) is 0 Å². The van der Waals surface area contributed by atoms with E-state index >= 15 is 0 Å². The number of urea groups is 1. The van der Waals surface area contributed by atoms with Crippen molar-refractivity contribution >= 4 is 23.8 Å². The highest BCUT2D eigenvalue weighted by Gasteiger charge is 2.45. The molecule has 0 aromatic heterocycles. The van der Waals surface area contributed by atoms with E-state index < -0.39 is 47.5 Å². The van der Waals surface area contributed by atoms with Gasteiger partial charge in [0.25, 0.3) is 11.8 Å². The number of nitrogens with zero attached hydrogens (tertiary/aromatic N) is 2. The molecule has 0 aromatic carbocycles. The molecule has 1 saturated heterocycles. The first kappa shape index (κ1) is 19.7. The zero-order valence-corrected chi connectivity index (χ0v) is 15.3. The summed E-state index contributed by atoms with van der Waals surface area (Å²) in [5.74, 6) is -1.98. The Morgan fingerprint density at radius 1 is 1.31 bits per heavy atom. The van der Waals surface area contributed by atoms with Crippen molar-refractivity contribution in [1.29, 1.82) is 5.26 Å². The molecule has 1 atom stereocenters. The molecule has 26 heavy (non-hydrogen) atoms. The van der Waals surface area contributed by atoms with Crippen molar-refractivity contribution in [3.8, 4) is 6.07 Å². The fourth-order valence-corrected chi connectivity index (χ4v) is 3.14. The Kier molecular flexibility index (Phi) is 5.54. The summed E-state index contributed by atoms with van der Waals surface area (Å²) < 4.78 is 5.04. The van der Waals surface area contributed by atoms with Crippen molar-refractivity contribution in [2.24, 2.45) is 0 Å². The highest BCUT2D eigenvalue weighted by molar-refractivity contribution is 6.08. The maximum atomic E-state index is 12.3. The quantitative estimate of drug-likeness (QED) is 0.543. The molecule has 0 radical (unpaired) electrons. The Bertz CT molecular complexity index is 661. The van der Waals surface area contributed by atoms with Gasteiger partial charge in [0.15, 0.2) is 6.10 Å². The lowest BCUT2D eigenvalue weighted by atomic mass is 9.83. The summed E-state index contributed by atoms with van der Waals surface area (Å²) in [4.78, 5) is 48.9. The van der Waals surface area contributed by atoms with E-state index in [1.54, 1.807) is 0 Å². The SMILES string of the molecule is C[C@@H](OC(=O)CN1C(=O)NC(C)(C)C1=O)C(=O)NC1(C#N)CCCCC1. The van der Waals surface area contributed by atoms with Crippen molar-refractivity contribution in [3.63, 3.8) is 0 Å². The number of rotatable bonds is 5. The lowest BCUT2D eigenvalue weighted by Gasteiger charge is -2.32. The van der Waals surface area contributed by atoms with Gasteiger partial charge in [-0.3, -0.25) is 19.3 Å². The maximum absolute atomic E-state index is 12.3. The van der Waals surface area contributed by atoms with Crippen LogP contribution in [0.15, 0.2) is 0 Å². The number of amides is 4. The zero-order valence-electron chi connectivity index (χ0n) is 15.3. The van der Waals surface area contributed by atoms with Gasteiger partial charge in [-0.2, -0.15) is 5.26 Å². The maximum Gasteiger partial charge on any atom is 0.327 e. The third-order valence-electron chi connectivity index (χ3n) is 4.69. The van der Waals surface area contributed by atoms with Crippen molar-refractivity contribution in [1.82, 2.24) is 15.5 Å². The predicted octanol–water partition coefficient (Wildman–Crippen LogP) is 0.591. The number of nitrogens with one attached hydrogen (secondary N) is 2. The van der Waals surface area contributed by atoms with E-state index in [1.807, 2.05) is 0 Å². The Morgan fingerprint density at radius 2 is 1.92 bits per heavy atom. The summed E-state index contributed by atoms with van der Waals surface area (Å²) in [5, 5.41) is 14.5. The molecule has 2 fully saturated rings. The number of imide groups is 1. The second-order valence-electron chi connectivity index (χ2n) is 7.32. The molecule has 2 N–H and O–H groups in total. The molecule has 0 aromatic rings. The van der Waals surface area contributed by atoms with Crippen LogP contribution in [0.25, 0.3) is 0 Å². The van der Waals surface area contributed by atoms with Crippen LogP contribution in [0.1, 0.15) is 52.9 Å². The van der Waals surface area contributed by atoms with Gasteiger partial charge < -0.3 is 15.4 Å². The van der Waals surface area contributed by atoms with E-state index in [4.69, 9.17) is 4.74 Å². The van der Waals surface area contributed by atoms with Crippen molar-refractivity contribution in [2.45, 2.75) is 70.1 Å². The van der Waals surface area contributed by atoms with Crippen molar-refractivity contribution < 1.29 is 23.9 Å². The van der Waals surface area contributed by atoms with Crippen LogP contribution in [0.4, 0.5) is 4.79 Å². The van der Waals surface area contributed by atoms with Gasteiger partial charge in [-0.15, -0.1) is 0 Å². The van der Waals surface area contributed by atoms with Gasteiger partial charge in [-0.1, -0.05) is 19.3 Å². The highest BCUT2D eigenvalue weighted by atomic mass is 16.5. The molecule has 2 rings (SSSR count). The number of hydrogen-bond donors (Lipinski definition) is 2. The molecule has 4 amide bonds. The number of esters is 1. The minimum absolute atomic E-state index is 0.540. The third-order valence-corrected chi connectivity index (χ3v) is 4.69. The molecule has 9 nitrogen and oxygen atoms in total. The number of nitriles is 1. The summed E-state index contributed by atoms with van der Waals surface area (Å²) in [6, 6.07) is 1.48. The molecular formula is C17H24N4O5. The molecule has 1 heterocycles. The minimum atomic E-state index is -1.14. The normalized spacial score (nSPS) is 22.2. The molecule has 2 aliphatic rings. The molecule has 0 bridgehead atoms. The topological polar surface area (TPSA) is 129 Å². The number of hydrogen-bond acceptors (Lipinski definition) is 6. The minimum Gasteiger partial charge on any atom is -0.451 e. The van der Waals surface area contributed by atoms with E-state index in [2.05, 4.69) is 16.7 Å². The highest BCUT2D eigenvalue weighted by Crippen LogP contribution is 2.27. The van der Waals surface area contributed by atoms with Crippen LogP contribution >= 0.6 is 0 Å². The average Bonchev–Trinajstić information content (AvgIpc) is 2.77. The van der Waals surface area contributed by atoms with Crippen LogP contribution in [0.5, 0.6) is 0 Å². The molecular weight excluding hydrogens is 340 g/mol. The van der Waals surface area contributed by atoms with E-state index in [0.717, 1.165) is 24.2 Å². The van der Waals surface area contributed by atoms with Crippen LogP contribution in [0.2, 0.25) is 0 Å². The zero-order chi connectivity index (χ0) is 19.5. The molecule has 1 aliphatic carbocycles. The summed E-state index contributed by atoms with van der Waals surface area (Å²) >= 11 is 0. The molecule has 0 unspecified atom stereocenters. The Morgan fingerprint density at radius 3 is 2.42 bits per heavy atom. The van der Waals surface area contributed by atoms with Crippen LogP contribution in [-0.4, -0.2) is 52.4 Å². The van der Waals surface area contributed by atoms with Crippen molar-refractivity contribution in [2.75, 3.05) is 6.54 Å². The molecule has 142 valence electrons. The third kappa shape index (κ3) is 4.12. The van der Waals surface area contributed by atoms with Gasteiger partial charge in [0.05, 0.1) is 6.07 Å². The Labute approximate surface area is 152 Å². The second kappa shape index (κ2) is 7.32. The number of ether oxygens (including phenoxy) is 1. The van der Waals surface area contributed by atoms with Gasteiger partial charge in [0.2, 0.25) is 0 Å². The van der Waals surface area contributed by atoms with Gasteiger partial charge in [0, 0.05) is 0 Å². The summed E-state index contributed by atoms with van der Waals surface area (Å²) in [7, 11) is 0. The summed E-state index contributed by atoms with van der Waals surface area (Å²) in [6.07, 6.45) is 2.71. The predicted molar refractivity (Wildman–Crippen MR) is 89.4 cm³/mol. The van der Waals surface area contributed by atoms with E-state index in [0.29, 0.717) is 12.8 Å². The van der Waals surface area contributed by atoms with E-state index in [-0.39, 0.29) is 0 Å². The summed E-state index contributed by atoms with van der Waals surface area (Å²) in [5.41, 5.74) is -2.01. The summed E-state index contributed by atoms with van der Waals surface area (Å²) in [6.45, 7) is 3.87. The van der Waals surface area contributed by atoms with Crippen LogP contribution in [-0.2, 0) is 19.1 Å². The lowest BCUT2D eigenvalue weighted by Crippen LogP contribution is -2.52. The first-order valence-electron chi connectivity index (χ1n) is 8.67. The molecule has 1 saturated carbocycles. The van der Waals surface area contributed by atoms with Gasteiger partial charge in [-0.05, 0) is 33.6 Å². The van der Waals surface area contributed by atoms with Gasteiger partial charge >= 0.3 is 12.0 Å². The van der Waals surface area contributed by atoms with E-state index in [1.165, 1.54) is 20.8 Å². The number of carbonyl (C=O) groups is 4.